The Bertz CT molecular complexity index is 1150. The molecule has 4 aromatic rings. The van der Waals surface area contributed by atoms with Crippen LogP contribution in [-0.2, 0) is 17.9 Å². The van der Waals surface area contributed by atoms with Crippen molar-refractivity contribution in [3.8, 4) is 28.7 Å². The zero-order chi connectivity index (χ0) is 20.5. The van der Waals surface area contributed by atoms with Crippen LogP contribution in [-0.4, -0.2) is 38.5 Å². The third kappa shape index (κ3) is 3.46. The van der Waals surface area contributed by atoms with E-state index < -0.39 is 0 Å². The maximum atomic E-state index is 6.07. The number of rotatable bonds is 5. The quantitative estimate of drug-likeness (QED) is 0.447. The number of benzene rings is 2. The molecule has 8 nitrogen and oxygen atoms in total. The van der Waals surface area contributed by atoms with Crippen molar-refractivity contribution < 1.29 is 14.0 Å². The van der Waals surface area contributed by atoms with Crippen molar-refractivity contribution >= 4 is 11.8 Å². The van der Waals surface area contributed by atoms with Crippen LogP contribution in [0.1, 0.15) is 17.4 Å². The molecule has 152 valence electrons. The van der Waals surface area contributed by atoms with E-state index >= 15 is 0 Å². The molecule has 0 saturated carbocycles. The van der Waals surface area contributed by atoms with Gasteiger partial charge in [-0.1, -0.05) is 22.5 Å². The van der Waals surface area contributed by atoms with Gasteiger partial charge in [0.1, 0.15) is 11.9 Å². The van der Waals surface area contributed by atoms with Crippen LogP contribution in [0.4, 0.5) is 0 Å². The molecular formula is C21H19N5O3S. The minimum absolute atomic E-state index is 0.105. The Morgan fingerprint density at radius 1 is 1.10 bits per heavy atom. The largest absolute Gasteiger partial charge is 0.497 e. The summed E-state index contributed by atoms with van der Waals surface area (Å²) in [6, 6.07) is 15.9. The Kier molecular flexibility index (Phi) is 4.97. The first kappa shape index (κ1) is 18.8. The van der Waals surface area contributed by atoms with E-state index in [4.69, 9.17) is 14.0 Å². The van der Waals surface area contributed by atoms with Crippen molar-refractivity contribution in [1.82, 2.24) is 25.1 Å². The number of thioether (sulfide) groups is 1. The maximum Gasteiger partial charge on any atom is 0.280 e. The SMILES string of the molecule is COc1ccc([C@H]2Cn3nnc(-c4nc(-c5ccc(SC)cc5)no4)c3CO2)cc1. The predicted octanol–water partition coefficient (Wildman–Crippen LogP) is 4.00. The molecule has 2 aromatic heterocycles. The summed E-state index contributed by atoms with van der Waals surface area (Å²) in [7, 11) is 1.65. The van der Waals surface area contributed by atoms with Gasteiger partial charge in [-0.2, -0.15) is 4.98 Å². The van der Waals surface area contributed by atoms with Crippen LogP contribution in [0.25, 0.3) is 23.0 Å². The number of hydrogen-bond donors (Lipinski definition) is 0. The van der Waals surface area contributed by atoms with Gasteiger partial charge >= 0.3 is 0 Å². The van der Waals surface area contributed by atoms with Gasteiger partial charge < -0.3 is 14.0 Å². The highest BCUT2D eigenvalue weighted by molar-refractivity contribution is 7.98. The number of fused-ring (bicyclic) bond motifs is 1. The molecule has 0 unspecified atom stereocenters. The Morgan fingerprint density at radius 2 is 1.90 bits per heavy atom. The number of ether oxygens (including phenoxy) is 2. The van der Waals surface area contributed by atoms with E-state index in [-0.39, 0.29) is 6.10 Å². The highest BCUT2D eigenvalue weighted by Crippen LogP contribution is 2.31. The maximum absolute atomic E-state index is 6.07. The number of hydrogen-bond acceptors (Lipinski definition) is 8. The fraction of sp³-hybridized carbons (Fsp3) is 0.238. The van der Waals surface area contributed by atoms with Crippen LogP contribution < -0.4 is 4.74 Å². The molecule has 0 saturated heterocycles. The van der Waals surface area contributed by atoms with E-state index in [2.05, 4.69) is 20.5 Å². The first-order chi connectivity index (χ1) is 14.7. The average Bonchev–Trinajstić information content (AvgIpc) is 3.46. The first-order valence-corrected chi connectivity index (χ1v) is 10.6. The summed E-state index contributed by atoms with van der Waals surface area (Å²) in [5.74, 6) is 1.67. The lowest BCUT2D eigenvalue weighted by atomic mass is 10.1. The topological polar surface area (TPSA) is 88.1 Å². The molecule has 3 heterocycles. The number of aromatic nitrogens is 5. The molecule has 0 amide bonds. The summed E-state index contributed by atoms with van der Waals surface area (Å²) in [6.07, 6.45) is 1.93. The molecule has 0 bridgehead atoms. The lowest BCUT2D eigenvalue weighted by molar-refractivity contribution is -0.00119. The van der Waals surface area contributed by atoms with E-state index in [0.29, 0.717) is 30.6 Å². The van der Waals surface area contributed by atoms with Gasteiger partial charge in [-0.15, -0.1) is 16.9 Å². The average molecular weight is 421 g/mol. The van der Waals surface area contributed by atoms with Crippen molar-refractivity contribution in [1.29, 1.82) is 0 Å². The predicted molar refractivity (Wildman–Crippen MR) is 111 cm³/mol. The molecule has 30 heavy (non-hydrogen) atoms. The Labute approximate surface area is 177 Å². The molecule has 0 spiro atoms. The Hall–Kier alpha value is -3.17. The highest BCUT2D eigenvalue weighted by Gasteiger charge is 2.28. The van der Waals surface area contributed by atoms with E-state index in [0.717, 1.165) is 22.6 Å². The summed E-state index contributed by atoms with van der Waals surface area (Å²) in [5, 5.41) is 12.7. The van der Waals surface area contributed by atoms with Gasteiger partial charge in [-0.3, -0.25) is 0 Å². The molecule has 9 heteroatoms. The van der Waals surface area contributed by atoms with Gasteiger partial charge in [0.15, 0.2) is 5.69 Å². The van der Waals surface area contributed by atoms with E-state index in [1.807, 2.05) is 59.5 Å². The van der Waals surface area contributed by atoms with Gasteiger partial charge in [0, 0.05) is 10.5 Å². The Morgan fingerprint density at radius 3 is 2.63 bits per heavy atom. The molecule has 1 atom stereocenters. The third-order valence-electron chi connectivity index (χ3n) is 5.06. The van der Waals surface area contributed by atoms with E-state index in [9.17, 15) is 0 Å². The second-order valence-corrected chi connectivity index (χ2v) is 7.67. The molecule has 5 rings (SSSR count). The fourth-order valence-corrected chi connectivity index (χ4v) is 3.78. The molecule has 0 N–H and O–H groups in total. The van der Waals surface area contributed by atoms with Crippen LogP contribution in [0.5, 0.6) is 5.75 Å². The zero-order valence-corrected chi connectivity index (χ0v) is 17.3. The van der Waals surface area contributed by atoms with Gasteiger partial charge in [0.2, 0.25) is 5.82 Å². The lowest BCUT2D eigenvalue weighted by Gasteiger charge is -2.24. The van der Waals surface area contributed by atoms with Crippen molar-refractivity contribution in [3.63, 3.8) is 0 Å². The number of methoxy groups -OCH3 is 1. The highest BCUT2D eigenvalue weighted by atomic mass is 32.2. The molecule has 1 aliphatic rings. The Balaban J connectivity index is 1.37. The molecule has 0 fully saturated rings. The smallest absolute Gasteiger partial charge is 0.280 e. The first-order valence-electron chi connectivity index (χ1n) is 9.41. The summed E-state index contributed by atoms with van der Waals surface area (Å²) in [5.41, 5.74) is 3.34. The second-order valence-electron chi connectivity index (χ2n) is 6.79. The molecule has 0 aliphatic carbocycles. The van der Waals surface area contributed by atoms with Crippen LogP contribution >= 0.6 is 11.8 Å². The van der Waals surface area contributed by atoms with Gasteiger partial charge in [-0.25, -0.2) is 4.68 Å². The monoisotopic (exact) mass is 421 g/mol. The van der Waals surface area contributed by atoms with Crippen molar-refractivity contribution in [2.75, 3.05) is 13.4 Å². The zero-order valence-electron chi connectivity index (χ0n) is 16.5. The summed E-state index contributed by atoms with van der Waals surface area (Å²) >= 11 is 1.69. The normalized spacial score (nSPS) is 15.7. The van der Waals surface area contributed by atoms with Gasteiger partial charge in [0.25, 0.3) is 5.89 Å². The van der Waals surface area contributed by atoms with Crippen LogP contribution in [0, 0.1) is 0 Å². The fourth-order valence-electron chi connectivity index (χ4n) is 3.37. The minimum Gasteiger partial charge on any atom is -0.497 e. The molecule has 2 aromatic carbocycles. The summed E-state index contributed by atoms with van der Waals surface area (Å²) in [6.45, 7) is 0.922. The molecular weight excluding hydrogens is 402 g/mol. The lowest BCUT2D eigenvalue weighted by Crippen LogP contribution is -2.22. The number of nitrogens with zero attached hydrogens (tertiary/aromatic N) is 5. The van der Waals surface area contributed by atoms with Crippen LogP contribution in [0.3, 0.4) is 0 Å². The minimum atomic E-state index is -0.105. The van der Waals surface area contributed by atoms with Crippen LogP contribution in [0.15, 0.2) is 57.9 Å². The van der Waals surface area contributed by atoms with Gasteiger partial charge in [0.05, 0.1) is 26.0 Å². The van der Waals surface area contributed by atoms with E-state index in [1.54, 1.807) is 18.9 Å². The summed E-state index contributed by atoms with van der Waals surface area (Å²) in [4.78, 5) is 5.69. The standard InChI is InChI=1S/C21H19N5O3S/c1-27-15-7-3-13(4-8-15)18-11-26-17(12-28-18)19(23-25-26)21-22-20(24-29-21)14-5-9-16(30-2)10-6-14/h3-10,18H,11-12H2,1-2H3/t18-/m1/s1. The second kappa shape index (κ2) is 7.92. The van der Waals surface area contributed by atoms with Crippen LogP contribution in [0.2, 0.25) is 0 Å². The van der Waals surface area contributed by atoms with Gasteiger partial charge in [-0.05, 0) is 48.2 Å². The van der Waals surface area contributed by atoms with E-state index in [1.165, 1.54) is 4.90 Å². The molecule has 0 radical (unpaired) electrons. The van der Waals surface area contributed by atoms with Crippen molar-refractivity contribution in [3.05, 3.63) is 59.8 Å². The summed E-state index contributed by atoms with van der Waals surface area (Å²) < 4.78 is 18.6. The van der Waals surface area contributed by atoms with Crippen molar-refractivity contribution in [2.24, 2.45) is 0 Å². The molecule has 1 aliphatic heterocycles. The third-order valence-corrected chi connectivity index (χ3v) is 5.81. The van der Waals surface area contributed by atoms with Crippen molar-refractivity contribution in [2.45, 2.75) is 24.2 Å².